The summed E-state index contributed by atoms with van der Waals surface area (Å²) in [5.74, 6) is 3.02. The van der Waals surface area contributed by atoms with E-state index in [1.165, 1.54) is 70.6 Å². The van der Waals surface area contributed by atoms with Gasteiger partial charge in [0.05, 0.1) is 0 Å². The molecule has 0 aromatic heterocycles. The molecular weight excluding hydrogens is 230 g/mol. The van der Waals surface area contributed by atoms with E-state index in [0.717, 1.165) is 30.3 Å². The van der Waals surface area contributed by atoms with Gasteiger partial charge >= 0.3 is 0 Å². The van der Waals surface area contributed by atoms with Gasteiger partial charge in [0.15, 0.2) is 0 Å². The van der Waals surface area contributed by atoms with Gasteiger partial charge in [-0.15, -0.1) is 0 Å². The molecule has 3 atom stereocenters. The summed E-state index contributed by atoms with van der Waals surface area (Å²) in [5.41, 5.74) is 0. The van der Waals surface area contributed by atoms with Crippen LogP contribution in [-0.4, -0.2) is 12.6 Å². The van der Waals surface area contributed by atoms with Crippen molar-refractivity contribution in [1.82, 2.24) is 5.32 Å². The maximum absolute atomic E-state index is 3.84. The van der Waals surface area contributed by atoms with E-state index in [0.29, 0.717) is 0 Å². The Bertz CT molecular complexity index is 232. The topological polar surface area (TPSA) is 12.0 Å². The molecule has 2 aliphatic carbocycles. The highest BCUT2D eigenvalue weighted by molar-refractivity contribution is 4.84. The van der Waals surface area contributed by atoms with Crippen LogP contribution < -0.4 is 5.32 Å². The monoisotopic (exact) mass is 265 g/mol. The Kier molecular flexibility index (Phi) is 6.70. The van der Waals surface area contributed by atoms with E-state index < -0.39 is 0 Å². The fourth-order valence-electron chi connectivity index (χ4n) is 4.56. The smallest absolute Gasteiger partial charge is 0.00979 e. The van der Waals surface area contributed by atoms with Crippen LogP contribution in [0.5, 0.6) is 0 Å². The predicted molar refractivity (Wildman–Crippen MR) is 84.4 cm³/mol. The summed E-state index contributed by atoms with van der Waals surface area (Å²) in [6, 6.07) is 0.822. The number of nitrogens with one attached hydrogen (secondary N) is 1. The van der Waals surface area contributed by atoms with E-state index in [1.54, 1.807) is 0 Å². The van der Waals surface area contributed by atoms with Crippen molar-refractivity contribution >= 4 is 0 Å². The average molecular weight is 265 g/mol. The maximum atomic E-state index is 3.84. The first kappa shape index (κ1) is 15.4. The average Bonchev–Trinajstić information content (AvgIpc) is 2.48. The number of hydrogen-bond acceptors (Lipinski definition) is 1. The predicted octanol–water partition coefficient (Wildman–Crippen LogP) is 5.15. The van der Waals surface area contributed by atoms with Crippen LogP contribution in [-0.2, 0) is 0 Å². The molecule has 2 aliphatic rings. The van der Waals surface area contributed by atoms with Crippen LogP contribution in [0.3, 0.4) is 0 Å². The molecule has 0 aromatic carbocycles. The highest BCUT2D eigenvalue weighted by Crippen LogP contribution is 2.36. The first-order valence-corrected chi connectivity index (χ1v) is 9.06. The molecule has 0 heterocycles. The summed E-state index contributed by atoms with van der Waals surface area (Å²) in [6.45, 7) is 5.83. The Labute approximate surface area is 120 Å². The SMILES string of the molecule is CCNC(CC1CCCCC1)C1CCCC(CC)C1. The number of rotatable bonds is 6. The van der Waals surface area contributed by atoms with Crippen LogP contribution in [0.4, 0.5) is 0 Å². The lowest BCUT2D eigenvalue weighted by atomic mass is 9.73. The molecule has 1 heteroatoms. The molecule has 1 N–H and O–H groups in total. The molecule has 19 heavy (non-hydrogen) atoms. The van der Waals surface area contributed by atoms with Crippen molar-refractivity contribution in [2.75, 3.05) is 6.54 Å². The van der Waals surface area contributed by atoms with Crippen LogP contribution >= 0.6 is 0 Å². The molecule has 0 bridgehead atoms. The van der Waals surface area contributed by atoms with E-state index in [-0.39, 0.29) is 0 Å². The minimum Gasteiger partial charge on any atom is -0.314 e. The Morgan fingerprint density at radius 3 is 2.32 bits per heavy atom. The highest BCUT2D eigenvalue weighted by atomic mass is 14.9. The van der Waals surface area contributed by atoms with E-state index in [1.807, 2.05) is 0 Å². The molecule has 0 radical (unpaired) electrons. The first-order chi connectivity index (χ1) is 9.33. The third-order valence-electron chi connectivity index (χ3n) is 5.75. The lowest BCUT2D eigenvalue weighted by molar-refractivity contribution is 0.178. The van der Waals surface area contributed by atoms with Gasteiger partial charge < -0.3 is 5.32 Å². The molecule has 3 unspecified atom stereocenters. The van der Waals surface area contributed by atoms with Crippen LogP contribution in [0.25, 0.3) is 0 Å². The summed E-state index contributed by atoms with van der Waals surface area (Å²) in [6.07, 6.45) is 16.3. The fraction of sp³-hybridized carbons (Fsp3) is 1.00. The minimum atomic E-state index is 0.822. The van der Waals surface area contributed by atoms with Crippen molar-refractivity contribution in [3.05, 3.63) is 0 Å². The quantitative estimate of drug-likeness (QED) is 0.700. The fourth-order valence-corrected chi connectivity index (χ4v) is 4.56. The minimum absolute atomic E-state index is 0.822. The molecule has 2 saturated carbocycles. The summed E-state index contributed by atoms with van der Waals surface area (Å²) >= 11 is 0. The number of hydrogen-bond donors (Lipinski definition) is 1. The van der Waals surface area contributed by atoms with Crippen LogP contribution in [0, 0.1) is 17.8 Å². The molecule has 0 aliphatic heterocycles. The second kappa shape index (κ2) is 8.29. The molecular formula is C18H35N. The second-order valence-corrected chi connectivity index (χ2v) is 7.10. The van der Waals surface area contributed by atoms with Crippen molar-refractivity contribution in [2.24, 2.45) is 17.8 Å². The van der Waals surface area contributed by atoms with Gasteiger partial charge in [0.1, 0.15) is 0 Å². The van der Waals surface area contributed by atoms with Gasteiger partial charge in [-0.1, -0.05) is 65.2 Å². The van der Waals surface area contributed by atoms with Crippen molar-refractivity contribution in [3.63, 3.8) is 0 Å². The standard InChI is InChI=1S/C18H35N/c1-3-15-11-8-12-17(13-15)18(19-4-2)14-16-9-6-5-7-10-16/h15-19H,3-14H2,1-2H3. The largest absolute Gasteiger partial charge is 0.314 e. The van der Waals surface area contributed by atoms with Crippen LogP contribution in [0.15, 0.2) is 0 Å². The summed E-state index contributed by atoms with van der Waals surface area (Å²) in [7, 11) is 0. The Morgan fingerprint density at radius 2 is 1.63 bits per heavy atom. The van der Waals surface area contributed by atoms with Crippen LogP contribution in [0.2, 0.25) is 0 Å². The van der Waals surface area contributed by atoms with Crippen molar-refractivity contribution in [1.29, 1.82) is 0 Å². The van der Waals surface area contributed by atoms with Gasteiger partial charge in [-0.25, -0.2) is 0 Å². The van der Waals surface area contributed by atoms with Crippen molar-refractivity contribution < 1.29 is 0 Å². The van der Waals surface area contributed by atoms with Crippen molar-refractivity contribution in [2.45, 2.75) is 90.5 Å². The van der Waals surface area contributed by atoms with E-state index in [9.17, 15) is 0 Å². The normalized spacial score (nSPS) is 31.3. The molecule has 112 valence electrons. The van der Waals surface area contributed by atoms with Gasteiger partial charge in [0.2, 0.25) is 0 Å². The Hall–Kier alpha value is -0.0400. The summed E-state index contributed by atoms with van der Waals surface area (Å²) in [5, 5.41) is 3.84. The summed E-state index contributed by atoms with van der Waals surface area (Å²) < 4.78 is 0. The molecule has 1 nitrogen and oxygen atoms in total. The lowest BCUT2D eigenvalue weighted by Crippen LogP contribution is -2.40. The summed E-state index contributed by atoms with van der Waals surface area (Å²) in [4.78, 5) is 0. The Morgan fingerprint density at radius 1 is 0.895 bits per heavy atom. The zero-order chi connectivity index (χ0) is 13.5. The van der Waals surface area contributed by atoms with E-state index in [2.05, 4.69) is 19.2 Å². The highest BCUT2D eigenvalue weighted by Gasteiger charge is 2.29. The van der Waals surface area contributed by atoms with Gasteiger partial charge in [-0.05, 0) is 43.6 Å². The first-order valence-electron chi connectivity index (χ1n) is 9.06. The van der Waals surface area contributed by atoms with Gasteiger partial charge in [0.25, 0.3) is 0 Å². The van der Waals surface area contributed by atoms with Crippen LogP contribution in [0.1, 0.15) is 84.5 Å². The molecule has 0 spiro atoms. The van der Waals surface area contributed by atoms with Crippen molar-refractivity contribution in [3.8, 4) is 0 Å². The van der Waals surface area contributed by atoms with Gasteiger partial charge in [0, 0.05) is 6.04 Å². The lowest BCUT2D eigenvalue weighted by Gasteiger charge is -2.37. The third kappa shape index (κ3) is 4.77. The van der Waals surface area contributed by atoms with Gasteiger partial charge in [-0.2, -0.15) is 0 Å². The third-order valence-corrected chi connectivity index (χ3v) is 5.75. The van der Waals surface area contributed by atoms with E-state index in [4.69, 9.17) is 0 Å². The molecule has 0 amide bonds. The molecule has 2 rings (SSSR count). The molecule has 0 saturated heterocycles. The second-order valence-electron chi connectivity index (χ2n) is 7.10. The Balaban J connectivity index is 1.86. The van der Waals surface area contributed by atoms with Gasteiger partial charge in [-0.3, -0.25) is 0 Å². The molecule has 0 aromatic rings. The van der Waals surface area contributed by atoms with E-state index >= 15 is 0 Å². The zero-order valence-electron chi connectivity index (χ0n) is 13.3. The maximum Gasteiger partial charge on any atom is 0.00979 e. The molecule has 2 fully saturated rings. The zero-order valence-corrected chi connectivity index (χ0v) is 13.3.